The summed E-state index contributed by atoms with van der Waals surface area (Å²) in [5.74, 6) is -1.32. The van der Waals surface area contributed by atoms with Gasteiger partial charge in [0.1, 0.15) is 0 Å². The Bertz CT molecular complexity index is 1030. The minimum atomic E-state index is -3.61. The lowest BCUT2D eigenvalue weighted by Crippen LogP contribution is -2.42. The summed E-state index contributed by atoms with van der Waals surface area (Å²) in [5, 5.41) is 3.41. The summed E-state index contributed by atoms with van der Waals surface area (Å²) in [6.45, 7) is 0.478. The number of carbonyl (C=O) groups is 2. The maximum atomic E-state index is 12.8. The number of hydrogen-bond donors (Lipinski definition) is 2. The van der Waals surface area contributed by atoms with Crippen LogP contribution < -0.4 is 11.1 Å². The summed E-state index contributed by atoms with van der Waals surface area (Å²) < 4.78 is 26.9. The molecule has 1 aliphatic rings. The molecule has 0 aromatic heterocycles. The van der Waals surface area contributed by atoms with Crippen molar-refractivity contribution < 1.29 is 18.0 Å². The predicted molar refractivity (Wildman–Crippen MR) is 117 cm³/mol. The van der Waals surface area contributed by atoms with Crippen molar-refractivity contribution in [3.63, 3.8) is 0 Å². The zero-order valence-electron chi connectivity index (χ0n) is 16.0. The van der Waals surface area contributed by atoms with Gasteiger partial charge in [0.25, 0.3) is 0 Å². The van der Waals surface area contributed by atoms with E-state index in [2.05, 4.69) is 5.32 Å². The van der Waals surface area contributed by atoms with Gasteiger partial charge >= 0.3 is 0 Å². The summed E-state index contributed by atoms with van der Waals surface area (Å²) in [5.41, 5.74) is 6.48. The highest BCUT2D eigenvalue weighted by molar-refractivity contribution is 7.88. The van der Waals surface area contributed by atoms with E-state index in [1.807, 2.05) is 0 Å². The lowest BCUT2D eigenvalue weighted by Gasteiger charge is -2.30. The first-order chi connectivity index (χ1) is 14.2. The zero-order chi connectivity index (χ0) is 21.9. The molecule has 3 rings (SSSR count). The van der Waals surface area contributed by atoms with E-state index in [0.717, 1.165) is 0 Å². The van der Waals surface area contributed by atoms with E-state index < -0.39 is 15.9 Å². The molecule has 2 aromatic carbocycles. The zero-order valence-corrected chi connectivity index (χ0v) is 18.3. The maximum Gasteiger partial charge on any atom is 0.248 e. The molecule has 1 heterocycles. The molecule has 0 aliphatic carbocycles. The molecule has 160 valence electrons. The average Bonchev–Trinajstić information content (AvgIpc) is 2.71. The van der Waals surface area contributed by atoms with E-state index in [1.165, 1.54) is 16.4 Å². The van der Waals surface area contributed by atoms with E-state index >= 15 is 0 Å². The van der Waals surface area contributed by atoms with Gasteiger partial charge in [-0.25, -0.2) is 12.7 Å². The Morgan fingerprint density at radius 3 is 2.13 bits per heavy atom. The highest BCUT2D eigenvalue weighted by Gasteiger charge is 2.32. The van der Waals surface area contributed by atoms with E-state index in [-0.39, 0.29) is 30.7 Å². The number of anilines is 1. The molecule has 0 bridgehead atoms. The van der Waals surface area contributed by atoms with Crippen molar-refractivity contribution in [2.75, 3.05) is 18.4 Å². The van der Waals surface area contributed by atoms with Crippen molar-refractivity contribution in [2.45, 2.75) is 18.6 Å². The Hall–Kier alpha value is -2.13. The van der Waals surface area contributed by atoms with Crippen molar-refractivity contribution in [3.8, 4) is 0 Å². The van der Waals surface area contributed by atoms with Crippen molar-refractivity contribution in [1.29, 1.82) is 0 Å². The van der Waals surface area contributed by atoms with E-state index in [1.54, 1.807) is 30.3 Å². The van der Waals surface area contributed by atoms with Crippen LogP contribution in [-0.4, -0.2) is 37.6 Å². The van der Waals surface area contributed by atoms with Crippen molar-refractivity contribution in [2.24, 2.45) is 11.7 Å². The first-order valence-corrected chi connectivity index (χ1v) is 11.7. The molecular formula is C20H21Cl2N3O4S. The second kappa shape index (κ2) is 9.34. The van der Waals surface area contributed by atoms with Crippen LogP contribution in [0.5, 0.6) is 0 Å². The van der Waals surface area contributed by atoms with Gasteiger partial charge in [0, 0.05) is 45.9 Å². The van der Waals surface area contributed by atoms with Gasteiger partial charge in [0.15, 0.2) is 0 Å². The lowest BCUT2D eigenvalue weighted by atomic mass is 9.97. The monoisotopic (exact) mass is 469 g/mol. The fourth-order valence-corrected chi connectivity index (χ4v) is 5.62. The van der Waals surface area contributed by atoms with Crippen LogP contribution in [0.2, 0.25) is 10.0 Å². The number of amides is 2. The third-order valence-corrected chi connectivity index (χ3v) is 7.56. The average molecular weight is 470 g/mol. The molecule has 0 saturated carbocycles. The molecule has 3 N–H and O–H groups in total. The Kier molecular flexibility index (Phi) is 7.02. The largest absolute Gasteiger partial charge is 0.366 e. The Labute approximate surface area is 185 Å². The van der Waals surface area contributed by atoms with Crippen molar-refractivity contribution >= 4 is 50.7 Å². The number of nitrogens with two attached hydrogens (primary N) is 1. The van der Waals surface area contributed by atoms with E-state index in [4.69, 9.17) is 28.9 Å². The van der Waals surface area contributed by atoms with Crippen LogP contribution in [0.3, 0.4) is 0 Å². The minimum absolute atomic E-state index is 0.187. The second-order valence-corrected chi connectivity index (χ2v) is 9.84. The lowest BCUT2D eigenvalue weighted by molar-refractivity contribution is -0.120. The molecular weight excluding hydrogens is 449 g/mol. The SMILES string of the molecule is NC(=O)c1ccc(NC(=O)C2CCN(S(=O)(=O)Cc3c(Cl)cccc3Cl)CC2)cc1. The highest BCUT2D eigenvalue weighted by Crippen LogP contribution is 2.29. The number of sulfonamides is 1. The fourth-order valence-electron chi connectivity index (χ4n) is 3.30. The third-order valence-electron chi connectivity index (χ3n) is 5.04. The van der Waals surface area contributed by atoms with Gasteiger partial charge in [0.05, 0.1) is 5.75 Å². The number of carbonyl (C=O) groups excluding carboxylic acids is 2. The summed E-state index contributed by atoms with van der Waals surface area (Å²) >= 11 is 12.2. The van der Waals surface area contributed by atoms with Gasteiger partial charge in [0.2, 0.25) is 21.8 Å². The number of halogens is 2. The minimum Gasteiger partial charge on any atom is -0.366 e. The molecule has 0 radical (unpaired) electrons. The number of nitrogens with zero attached hydrogens (tertiary/aromatic N) is 1. The first kappa shape index (κ1) is 22.6. The molecule has 1 fully saturated rings. The summed E-state index contributed by atoms with van der Waals surface area (Å²) in [6.07, 6.45) is 0.807. The maximum absolute atomic E-state index is 12.8. The molecule has 0 spiro atoms. The van der Waals surface area contributed by atoms with Crippen LogP contribution in [0, 0.1) is 5.92 Å². The summed E-state index contributed by atoms with van der Waals surface area (Å²) in [7, 11) is -3.61. The van der Waals surface area contributed by atoms with E-state index in [0.29, 0.717) is 39.7 Å². The summed E-state index contributed by atoms with van der Waals surface area (Å²) in [4.78, 5) is 23.6. The number of piperidine rings is 1. The number of hydrogen-bond acceptors (Lipinski definition) is 4. The molecule has 30 heavy (non-hydrogen) atoms. The number of nitrogens with one attached hydrogen (secondary N) is 1. The molecule has 0 unspecified atom stereocenters. The molecule has 2 aromatic rings. The van der Waals surface area contributed by atoms with Crippen LogP contribution >= 0.6 is 23.2 Å². The topological polar surface area (TPSA) is 110 Å². The van der Waals surface area contributed by atoms with Crippen molar-refractivity contribution in [1.82, 2.24) is 4.31 Å². The molecule has 0 atom stereocenters. The van der Waals surface area contributed by atoms with Crippen LogP contribution in [0.15, 0.2) is 42.5 Å². The van der Waals surface area contributed by atoms with Gasteiger partial charge in [-0.2, -0.15) is 0 Å². The van der Waals surface area contributed by atoms with E-state index in [9.17, 15) is 18.0 Å². The number of benzene rings is 2. The third kappa shape index (κ3) is 5.31. The molecule has 7 nitrogen and oxygen atoms in total. The molecule has 1 aliphatic heterocycles. The Balaban J connectivity index is 1.58. The summed E-state index contributed by atoms with van der Waals surface area (Å²) in [6, 6.07) is 11.1. The molecule has 10 heteroatoms. The fraction of sp³-hybridized carbons (Fsp3) is 0.300. The van der Waals surface area contributed by atoms with Gasteiger partial charge in [-0.1, -0.05) is 29.3 Å². The van der Waals surface area contributed by atoms with Gasteiger partial charge in [-0.05, 0) is 49.2 Å². The Morgan fingerprint density at radius 2 is 1.60 bits per heavy atom. The van der Waals surface area contributed by atoms with Crippen LogP contribution in [-0.2, 0) is 20.6 Å². The van der Waals surface area contributed by atoms with Gasteiger partial charge in [-0.15, -0.1) is 0 Å². The van der Waals surface area contributed by atoms with Gasteiger partial charge in [-0.3, -0.25) is 9.59 Å². The van der Waals surface area contributed by atoms with Crippen LogP contribution in [0.25, 0.3) is 0 Å². The van der Waals surface area contributed by atoms with Crippen molar-refractivity contribution in [3.05, 3.63) is 63.6 Å². The van der Waals surface area contributed by atoms with Crippen LogP contribution in [0.4, 0.5) is 5.69 Å². The smallest absolute Gasteiger partial charge is 0.248 e. The second-order valence-electron chi connectivity index (χ2n) is 7.06. The number of rotatable bonds is 6. The first-order valence-electron chi connectivity index (χ1n) is 9.29. The van der Waals surface area contributed by atoms with Gasteiger partial charge < -0.3 is 11.1 Å². The predicted octanol–water partition coefficient (Wildman–Crippen LogP) is 3.27. The Morgan fingerprint density at radius 1 is 1.03 bits per heavy atom. The molecule has 1 saturated heterocycles. The standard InChI is InChI=1S/C20H21Cl2N3O4S/c21-17-2-1-3-18(22)16(17)12-30(28,29)25-10-8-14(9-11-25)20(27)24-15-6-4-13(5-7-15)19(23)26/h1-7,14H,8-12H2,(H2,23,26)(H,24,27). The quantitative estimate of drug-likeness (QED) is 0.675. The van der Waals surface area contributed by atoms with Crippen LogP contribution in [0.1, 0.15) is 28.8 Å². The highest BCUT2D eigenvalue weighted by atomic mass is 35.5. The molecule has 2 amide bonds. The normalized spacial score (nSPS) is 15.7. The number of primary amides is 1.